The molecule has 1 aromatic carbocycles. The quantitative estimate of drug-likeness (QED) is 0.683. The zero-order chi connectivity index (χ0) is 20.2. The Labute approximate surface area is 156 Å². The van der Waals surface area contributed by atoms with Gasteiger partial charge in [-0.2, -0.15) is 13.2 Å². The smallest absolute Gasteiger partial charge is 0.416 e. The summed E-state index contributed by atoms with van der Waals surface area (Å²) in [4.78, 5) is 25.6. The van der Waals surface area contributed by atoms with Crippen LogP contribution in [-0.4, -0.2) is 40.5 Å². The fourth-order valence-corrected chi connectivity index (χ4v) is 2.87. The minimum absolute atomic E-state index is 0.0634. The Bertz CT molecular complexity index is 657. The van der Waals surface area contributed by atoms with Gasteiger partial charge in [0, 0.05) is 12.6 Å². The molecule has 8 heteroatoms. The molecular weight excluding hydrogens is 361 g/mol. The van der Waals surface area contributed by atoms with Crippen molar-refractivity contribution in [1.29, 1.82) is 0 Å². The first-order valence-electron chi connectivity index (χ1n) is 9.05. The van der Waals surface area contributed by atoms with Crippen LogP contribution in [0.1, 0.15) is 44.2 Å². The zero-order valence-corrected chi connectivity index (χ0v) is 15.4. The minimum atomic E-state index is -4.39. The second-order valence-corrected chi connectivity index (χ2v) is 7.03. The monoisotopic (exact) mass is 386 g/mol. The van der Waals surface area contributed by atoms with Crippen molar-refractivity contribution in [2.24, 2.45) is 5.92 Å². The van der Waals surface area contributed by atoms with Gasteiger partial charge in [0.05, 0.1) is 12.1 Å². The lowest BCUT2D eigenvalue weighted by Crippen LogP contribution is -2.47. The summed E-state index contributed by atoms with van der Waals surface area (Å²) >= 11 is 0. The number of aliphatic carboxylic acids is 1. The third-order valence-corrected chi connectivity index (χ3v) is 4.89. The first-order valence-corrected chi connectivity index (χ1v) is 9.05. The Kier molecular flexibility index (Phi) is 6.86. The van der Waals surface area contributed by atoms with Gasteiger partial charge in [-0.1, -0.05) is 32.4 Å². The first-order chi connectivity index (χ1) is 12.6. The lowest BCUT2D eigenvalue weighted by molar-refractivity contribution is -0.141. The van der Waals surface area contributed by atoms with Gasteiger partial charge in [-0.15, -0.1) is 0 Å². The molecule has 0 spiro atoms. The summed E-state index contributed by atoms with van der Waals surface area (Å²) in [6, 6.07) is 4.01. The molecule has 2 N–H and O–H groups in total. The summed E-state index contributed by atoms with van der Waals surface area (Å²) in [7, 11) is 0. The van der Waals surface area contributed by atoms with Crippen LogP contribution in [0.4, 0.5) is 13.2 Å². The van der Waals surface area contributed by atoms with E-state index in [9.17, 15) is 27.9 Å². The van der Waals surface area contributed by atoms with E-state index in [0.29, 0.717) is 12.0 Å². The highest BCUT2D eigenvalue weighted by Crippen LogP contribution is 2.31. The predicted octanol–water partition coefficient (Wildman–Crippen LogP) is 3.29. The van der Waals surface area contributed by atoms with Crippen LogP contribution in [0.5, 0.6) is 0 Å². The molecule has 0 aliphatic heterocycles. The summed E-state index contributed by atoms with van der Waals surface area (Å²) in [6.07, 6.45) is -2.04. The van der Waals surface area contributed by atoms with Crippen LogP contribution < -0.4 is 5.32 Å². The number of rotatable bonds is 9. The van der Waals surface area contributed by atoms with Crippen molar-refractivity contribution in [3.05, 3.63) is 35.4 Å². The standard InChI is InChI=1S/C19H25F3N2O3/c1-3-12(2)17(18(26)27)23-10-16(25)24(15-8-9-15)11-13-4-6-14(7-5-13)19(20,21)22/h4-7,12,15,17,23H,3,8-11H2,1-2H3,(H,26,27)/t12-,17-/m0/s1. The molecule has 1 saturated carbocycles. The van der Waals surface area contributed by atoms with Crippen LogP contribution in [0.3, 0.4) is 0 Å². The Balaban J connectivity index is 2.00. The number of benzene rings is 1. The normalized spacial score (nSPS) is 16.6. The Morgan fingerprint density at radius 1 is 1.26 bits per heavy atom. The molecule has 0 radical (unpaired) electrons. The van der Waals surface area contributed by atoms with Gasteiger partial charge in [0.15, 0.2) is 0 Å². The van der Waals surface area contributed by atoms with Crippen molar-refractivity contribution in [2.75, 3.05) is 6.54 Å². The van der Waals surface area contributed by atoms with Crippen molar-refractivity contribution >= 4 is 11.9 Å². The SMILES string of the molecule is CC[C@H](C)[C@H](NCC(=O)N(Cc1ccc(C(F)(F)F)cc1)C1CC1)C(=O)O. The van der Waals surface area contributed by atoms with Crippen LogP contribution in [-0.2, 0) is 22.3 Å². The first kappa shape index (κ1) is 21.2. The highest BCUT2D eigenvalue weighted by Gasteiger charge is 2.34. The van der Waals surface area contributed by atoms with Crippen molar-refractivity contribution in [3.8, 4) is 0 Å². The fourth-order valence-electron chi connectivity index (χ4n) is 2.87. The van der Waals surface area contributed by atoms with Gasteiger partial charge < -0.3 is 10.0 Å². The number of carbonyl (C=O) groups excluding carboxylic acids is 1. The van der Waals surface area contributed by atoms with E-state index in [4.69, 9.17) is 0 Å². The number of nitrogens with one attached hydrogen (secondary N) is 1. The lowest BCUT2D eigenvalue weighted by Gasteiger charge is -2.25. The maximum absolute atomic E-state index is 12.7. The van der Waals surface area contributed by atoms with Crippen LogP contribution in [0, 0.1) is 5.92 Å². The van der Waals surface area contributed by atoms with Gasteiger partial charge in [0.1, 0.15) is 6.04 Å². The second kappa shape index (κ2) is 8.73. The summed E-state index contributed by atoms with van der Waals surface area (Å²) in [6.45, 7) is 3.78. The van der Waals surface area contributed by atoms with Crippen LogP contribution in [0.2, 0.25) is 0 Å². The maximum atomic E-state index is 12.7. The number of carboxylic acids is 1. The van der Waals surface area contributed by atoms with Gasteiger partial charge >= 0.3 is 12.1 Å². The number of alkyl halides is 3. The molecule has 0 heterocycles. The van der Waals surface area contributed by atoms with E-state index >= 15 is 0 Å². The Morgan fingerprint density at radius 2 is 1.85 bits per heavy atom. The largest absolute Gasteiger partial charge is 0.480 e. The molecule has 2 atom stereocenters. The molecule has 1 aromatic rings. The molecule has 5 nitrogen and oxygen atoms in total. The molecular formula is C19H25F3N2O3. The molecule has 1 aliphatic rings. The summed E-state index contributed by atoms with van der Waals surface area (Å²) < 4.78 is 38.0. The van der Waals surface area contributed by atoms with Crippen molar-refractivity contribution < 1.29 is 27.9 Å². The topological polar surface area (TPSA) is 69.6 Å². The second-order valence-electron chi connectivity index (χ2n) is 7.03. The van der Waals surface area contributed by atoms with Crippen LogP contribution in [0.15, 0.2) is 24.3 Å². The number of amides is 1. The molecule has 27 heavy (non-hydrogen) atoms. The molecule has 0 saturated heterocycles. The summed E-state index contributed by atoms with van der Waals surface area (Å²) in [5.41, 5.74) is -0.116. The molecule has 150 valence electrons. The van der Waals surface area contributed by atoms with Crippen LogP contribution >= 0.6 is 0 Å². The predicted molar refractivity (Wildman–Crippen MR) is 93.9 cm³/mol. The average Bonchev–Trinajstić information content (AvgIpc) is 3.43. The van der Waals surface area contributed by atoms with E-state index in [1.165, 1.54) is 12.1 Å². The highest BCUT2D eigenvalue weighted by molar-refractivity contribution is 5.80. The lowest BCUT2D eigenvalue weighted by atomic mass is 9.99. The van der Waals surface area contributed by atoms with Crippen molar-refractivity contribution in [2.45, 2.75) is 57.9 Å². The number of hydrogen-bond donors (Lipinski definition) is 2. The minimum Gasteiger partial charge on any atom is -0.480 e. The summed E-state index contributed by atoms with van der Waals surface area (Å²) in [5, 5.41) is 12.1. The molecule has 2 rings (SSSR count). The van der Waals surface area contributed by atoms with E-state index in [-0.39, 0.29) is 31.0 Å². The van der Waals surface area contributed by atoms with Gasteiger partial charge in [-0.25, -0.2) is 0 Å². The number of carboxylic acid groups (broad SMARTS) is 1. The zero-order valence-electron chi connectivity index (χ0n) is 15.4. The molecule has 1 aliphatic carbocycles. The molecule has 1 amide bonds. The molecule has 0 unspecified atom stereocenters. The third-order valence-electron chi connectivity index (χ3n) is 4.89. The maximum Gasteiger partial charge on any atom is 0.416 e. The number of halogens is 3. The fraction of sp³-hybridized carbons (Fsp3) is 0.579. The average molecular weight is 386 g/mol. The van der Waals surface area contributed by atoms with Crippen LogP contribution in [0.25, 0.3) is 0 Å². The number of hydrogen-bond acceptors (Lipinski definition) is 3. The van der Waals surface area contributed by atoms with Gasteiger partial charge in [0.2, 0.25) is 5.91 Å². The number of nitrogens with zero attached hydrogens (tertiary/aromatic N) is 1. The molecule has 1 fully saturated rings. The van der Waals surface area contributed by atoms with Gasteiger partial charge in [-0.3, -0.25) is 14.9 Å². The van der Waals surface area contributed by atoms with Gasteiger partial charge in [-0.05, 0) is 36.5 Å². The van der Waals surface area contributed by atoms with E-state index < -0.39 is 23.8 Å². The van der Waals surface area contributed by atoms with Crippen molar-refractivity contribution in [3.63, 3.8) is 0 Å². The van der Waals surface area contributed by atoms with Gasteiger partial charge in [0.25, 0.3) is 0 Å². The Morgan fingerprint density at radius 3 is 2.30 bits per heavy atom. The Hall–Kier alpha value is -2.09. The third kappa shape index (κ3) is 5.95. The molecule has 0 bridgehead atoms. The summed E-state index contributed by atoms with van der Waals surface area (Å²) in [5.74, 6) is -1.37. The van der Waals surface area contributed by atoms with E-state index in [0.717, 1.165) is 25.0 Å². The van der Waals surface area contributed by atoms with E-state index in [1.807, 2.05) is 6.92 Å². The highest BCUT2D eigenvalue weighted by atomic mass is 19.4. The van der Waals surface area contributed by atoms with E-state index in [2.05, 4.69) is 5.32 Å². The number of carbonyl (C=O) groups is 2. The van der Waals surface area contributed by atoms with E-state index in [1.54, 1.807) is 11.8 Å². The molecule has 0 aromatic heterocycles. The van der Waals surface area contributed by atoms with Crippen molar-refractivity contribution in [1.82, 2.24) is 10.2 Å².